The number of amides is 1. The molecule has 0 bridgehead atoms. The van der Waals surface area contributed by atoms with Crippen LogP contribution in [0.5, 0.6) is 0 Å². The molecule has 0 saturated heterocycles. The summed E-state index contributed by atoms with van der Waals surface area (Å²) in [4.78, 5) is 17.3. The van der Waals surface area contributed by atoms with Gasteiger partial charge in [-0.05, 0) is 19.9 Å². The Morgan fingerprint density at radius 1 is 1.50 bits per heavy atom. The van der Waals surface area contributed by atoms with E-state index in [2.05, 4.69) is 10.3 Å². The molecule has 18 heavy (non-hydrogen) atoms. The van der Waals surface area contributed by atoms with Crippen LogP contribution >= 0.6 is 23.2 Å². The molecule has 0 fully saturated rings. The summed E-state index contributed by atoms with van der Waals surface area (Å²) in [5.41, 5.74) is 5.61. The first-order chi connectivity index (χ1) is 8.31. The van der Waals surface area contributed by atoms with Crippen molar-refractivity contribution in [2.24, 2.45) is 0 Å². The predicted molar refractivity (Wildman–Crippen MR) is 75.2 cm³/mol. The quantitative estimate of drug-likeness (QED) is 0.889. The Hall–Kier alpha value is -1.20. The van der Waals surface area contributed by atoms with E-state index in [1.54, 1.807) is 11.9 Å². The van der Waals surface area contributed by atoms with E-state index in [-0.39, 0.29) is 24.3 Å². The number of nitrogens with zero attached hydrogens (tertiary/aromatic N) is 2. The summed E-state index contributed by atoms with van der Waals surface area (Å²) in [6, 6.07) is 1.60. The van der Waals surface area contributed by atoms with E-state index in [0.717, 1.165) is 0 Å². The van der Waals surface area contributed by atoms with Crippen molar-refractivity contribution >= 4 is 40.7 Å². The summed E-state index contributed by atoms with van der Waals surface area (Å²) >= 11 is 11.8. The Bertz CT molecular complexity index is 451. The van der Waals surface area contributed by atoms with Gasteiger partial charge >= 0.3 is 0 Å². The number of halogens is 2. The number of aromatic nitrogens is 1. The van der Waals surface area contributed by atoms with E-state index in [1.807, 2.05) is 13.8 Å². The van der Waals surface area contributed by atoms with Gasteiger partial charge in [0.15, 0.2) is 0 Å². The second-order valence-corrected chi connectivity index (χ2v) is 5.05. The summed E-state index contributed by atoms with van der Waals surface area (Å²) in [6.07, 6.45) is 0. The van der Waals surface area contributed by atoms with Crippen molar-refractivity contribution in [3.05, 3.63) is 16.1 Å². The van der Waals surface area contributed by atoms with Gasteiger partial charge in [0.25, 0.3) is 0 Å². The normalized spacial score (nSPS) is 10.6. The molecule has 0 aromatic carbocycles. The third-order valence-electron chi connectivity index (χ3n) is 2.13. The third kappa shape index (κ3) is 3.92. The monoisotopic (exact) mass is 290 g/mol. The molecule has 0 spiro atoms. The van der Waals surface area contributed by atoms with Gasteiger partial charge < -0.3 is 16.0 Å². The van der Waals surface area contributed by atoms with Crippen molar-refractivity contribution < 1.29 is 4.79 Å². The van der Waals surface area contributed by atoms with Gasteiger partial charge in [0.2, 0.25) is 5.91 Å². The second-order valence-electron chi connectivity index (χ2n) is 4.24. The Kier molecular flexibility index (Phi) is 5.04. The van der Waals surface area contributed by atoms with E-state index in [1.165, 1.54) is 6.07 Å². The minimum absolute atomic E-state index is 0.0876. The highest BCUT2D eigenvalue weighted by Gasteiger charge is 2.14. The molecule has 0 aliphatic heterocycles. The summed E-state index contributed by atoms with van der Waals surface area (Å²) in [6.45, 7) is 3.93. The Morgan fingerprint density at radius 2 is 2.11 bits per heavy atom. The largest absolute Gasteiger partial charge is 0.382 e. The van der Waals surface area contributed by atoms with Crippen LogP contribution in [-0.2, 0) is 4.79 Å². The van der Waals surface area contributed by atoms with Crippen molar-refractivity contribution in [3.8, 4) is 0 Å². The van der Waals surface area contributed by atoms with Gasteiger partial charge in [-0.2, -0.15) is 0 Å². The summed E-state index contributed by atoms with van der Waals surface area (Å²) in [7, 11) is 1.71. The van der Waals surface area contributed by atoms with E-state index in [9.17, 15) is 4.79 Å². The molecule has 1 rings (SSSR count). The third-order valence-corrected chi connectivity index (χ3v) is 2.71. The van der Waals surface area contributed by atoms with Gasteiger partial charge in [-0.1, -0.05) is 23.2 Å². The number of nitrogens with one attached hydrogen (secondary N) is 1. The van der Waals surface area contributed by atoms with Gasteiger partial charge in [0.05, 0.1) is 16.6 Å². The number of likely N-dealkylation sites (N-methyl/N-ethyl adjacent to an activating group) is 1. The van der Waals surface area contributed by atoms with E-state index in [0.29, 0.717) is 15.9 Å². The first kappa shape index (κ1) is 14.9. The maximum atomic E-state index is 11.6. The van der Waals surface area contributed by atoms with Crippen LogP contribution in [-0.4, -0.2) is 30.5 Å². The molecule has 0 atom stereocenters. The van der Waals surface area contributed by atoms with Crippen molar-refractivity contribution in [2.45, 2.75) is 19.9 Å². The zero-order valence-electron chi connectivity index (χ0n) is 10.5. The fourth-order valence-corrected chi connectivity index (χ4v) is 1.90. The number of carbonyl (C=O) groups is 1. The number of nitrogens with two attached hydrogens (primary N) is 1. The predicted octanol–water partition coefficient (Wildman–Crippen LogP) is 1.93. The van der Waals surface area contributed by atoms with Gasteiger partial charge in [-0.15, -0.1) is 0 Å². The number of hydrogen-bond acceptors (Lipinski definition) is 4. The molecule has 0 aliphatic carbocycles. The van der Waals surface area contributed by atoms with E-state index in [4.69, 9.17) is 28.9 Å². The number of hydrogen-bond donors (Lipinski definition) is 2. The number of rotatable bonds is 4. The standard InChI is InChI=1S/C11H16Cl2N4O/c1-6(2)15-9(18)5-17(3)11-8(13)4-7(12)10(14)16-11/h4,6H,5H2,1-3H3,(H2,14,16)(H,15,18). The second kappa shape index (κ2) is 6.11. The fraction of sp³-hybridized carbons (Fsp3) is 0.455. The van der Waals surface area contributed by atoms with Gasteiger partial charge in [0.1, 0.15) is 11.6 Å². The van der Waals surface area contributed by atoms with Crippen molar-refractivity contribution in [1.29, 1.82) is 0 Å². The van der Waals surface area contributed by atoms with Crippen LogP contribution in [0.3, 0.4) is 0 Å². The zero-order chi connectivity index (χ0) is 13.9. The molecule has 3 N–H and O–H groups in total. The summed E-state index contributed by atoms with van der Waals surface area (Å²) in [5.74, 6) is 0.503. The maximum absolute atomic E-state index is 11.6. The molecule has 0 saturated carbocycles. The summed E-state index contributed by atoms with van der Waals surface area (Å²) in [5, 5.41) is 3.43. The lowest BCUT2D eigenvalue weighted by Gasteiger charge is -2.20. The lowest BCUT2D eigenvalue weighted by Crippen LogP contribution is -2.39. The number of carbonyl (C=O) groups excluding carboxylic acids is 1. The SMILES string of the molecule is CC(C)NC(=O)CN(C)c1nc(N)c(Cl)cc1Cl. The number of anilines is 2. The molecule has 0 unspecified atom stereocenters. The lowest BCUT2D eigenvalue weighted by atomic mass is 10.3. The minimum Gasteiger partial charge on any atom is -0.382 e. The average molecular weight is 291 g/mol. The van der Waals surface area contributed by atoms with E-state index >= 15 is 0 Å². The van der Waals surface area contributed by atoms with Crippen LogP contribution in [0.2, 0.25) is 10.0 Å². The molecular weight excluding hydrogens is 275 g/mol. The first-order valence-electron chi connectivity index (χ1n) is 5.43. The van der Waals surface area contributed by atoms with Crippen LogP contribution in [0, 0.1) is 0 Å². The molecule has 0 radical (unpaired) electrons. The van der Waals surface area contributed by atoms with Crippen LogP contribution in [0.4, 0.5) is 11.6 Å². The summed E-state index contributed by atoms with van der Waals surface area (Å²) < 4.78 is 0. The fourth-order valence-electron chi connectivity index (χ4n) is 1.40. The molecule has 0 aliphatic rings. The van der Waals surface area contributed by atoms with Crippen LogP contribution in [0.25, 0.3) is 0 Å². The molecule has 1 heterocycles. The number of pyridine rings is 1. The highest BCUT2D eigenvalue weighted by Crippen LogP contribution is 2.29. The van der Waals surface area contributed by atoms with Crippen molar-refractivity contribution in [2.75, 3.05) is 24.2 Å². The molecule has 7 heteroatoms. The molecular formula is C11H16Cl2N4O. The number of nitrogen functional groups attached to an aromatic ring is 1. The van der Waals surface area contributed by atoms with Gasteiger partial charge in [-0.25, -0.2) is 4.98 Å². The molecule has 1 aromatic heterocycles. The Labute approximate surface area is 116 Å². The molecule has 1 aromatic rings. The van der Waals surface area contributed by atoms with Crippen LogP contribution in [0.15, 0.2) is 6.07 Å². The minimum atomic E-state index is -0.112. The molecule has 100 valence electrons. The van der Waals surface area contributed by atoms with Crippen molar-refractivity contribution in [3.63, 3.8) is 0 Å². The Balaban J connectivity index is 2.81. The van der Waals surface area contributed by atoms with Gasteiger partial charge in [-0.3, -0.25) is 4.79 Å². The lowest BCUT2D eigenvalue weighted by molar-refractivity contribution is -0.120. The highest BCUT2D eigenvalue weighted by molar-refractivity contribution is 6.37. The molecule has 5 nitrogen and oxygen atoms in total. The maximum Gasteiger partial charge on any atom is 0.239 e. The highest BCUT2D eigenvalue weighted by atomic mass is 35.5. The Morgan fingerprint density at radius 3 is 2.67 bits per heavy atom. The topological polar surface area (TPSA) is 71.2 Å². The van der Waals surface area contributed by atoms with Crippen LogP contribution in [0.1, 0.15) is 13.8 Å². The van der Waals surface area contributed by atoms with Crippen LogP contribution < -0.4 is 16.0 Å². The smallest absolute Gasteiger partial charge is 0.239 e. The van der Waals surface area contributed by atoms with Gasteiger partial charge in [0, 0.05) is 13.1 Å². The van der Waals surface area contributed by atoms with Crippen molar-refractivity contribution in [1.82, 2.24) is 10.3 Å². The van der Waals surface area contributed by atoms with E-state index < -0.39 is 0 Å². The zero-order valence-corrected chi connectivity index (χ0v) is 12.0. The average Bonchev–Trinajstić information content (AvgIpc) is 2.21. The molecule has 1 amide bonds. The first-order valence-corrected chi connectivity index (χ1v) is 6.19.